The average molecular weight is 289 g/mol. The Morgan fingerprint density at radius 3 is 2.95 bits per heavy atom. The van der Waals surface area contributed by atoms with Crippen LogP contribution >= 0.6 is 0 Å². The molecule has 0 spiro atoms. The number of hydrogen-bond donors (Lipinski definition) is 2. The van der Waals surface area contributed by atoms with Gasteiger partial charge in [0.1, 0.15) is 5.54 Å². The first-order valence-corrected chi connectivity index (χ1v) is 7.55. The number of carboxylic acid groups (broad SMARTS) is 1. The summed E-state index contributed by atoms with van der Waals surface area (Å²) in [4.78, 5) is 15.6. The van der Waals surface area contributed by atoms with E-state index in [2.05, 4.69) is 35.0 Å². The third-order valence-corrected chi connectivity index (χ3v) is 4.71. The summed E-state index contributed by atoms with van der Waals surface area (Å²) in [5, 5.41) is 9.19. The van der Waals surface area contributed by atoms with Gasteiger partial charge in [0, 0.05) is 38.9 Å². The van der Waals surface area contributed by atoms with Crippen LogP contribution in [0.4, 0.5) is 5.69 Å². The van der Waals surface area contributed by atoms with Crippen LogP contribution in [0.15, 0.2) is 18.2 Å². The Morgan fingerprint density at radius 1 is 1.43 bits per heavy atom. The summed E-state index contributed by atoms with van der Waals surface area (Å²) in [7, 11) is 2.13. The van der Waals surface area contributed by atoms with E-state index in [9.17, 15) is 9.90 Å². The van der Waals surface area contributed by atoms with E-state index in [-0.39, 0.29) is 0 Å². The molecule has 3 N–H and O–H groups in total. The second-order valence-electron chi connectivity index (χ2n) is 6.41. The molecule has 5 heteroatoms. The number of hydrogen-bond acceptors (Lipinski definition) is 4. The second-order valence-corrected chi connectivity index (χ2v) is 6.41. The number of carboxylic acids is 1. The molecule has 0 saturated carbocycles. The number of nitrogens with zero attached hydrogens (tertiary/aromatic N) is 2. The van der Waals surface area contributed by atoms with Crippen molar-refractivity contribution in [3.05, 3.63) is 29.3 Å². The molecule has 1 aromatic rings. The first-order valence-electron chi connectivity index (χ1n) is 7.55. The molecule has 3 rings (SSSR count). The van der Waals surface area contributed by atoms with E-state index in [4.69, 9.17) is 5.73 Å². The van der Waals surface area contributed by atoms with Gasteiger partial charge < -0.3 is 15.7 Å². The summed E-state index contributed by atoms with van der Waals surface area (Å²) in [6.07, 6.45) is 2.85. The molecule has 1 saturated heterocycles. The van der Waals surface area contributed by atoms with Crippen LogP contribution in [0, 0.1) is 0 Å². The van der Waals surface area contributed by atoms with E-state index >= 15 is 0 Å². The van der Waals surface area contributed by atoms with Crippen LogP contribution in [0.3, 0.4) is 0 Å². The molecule has 1 fully saturated rings. The van der Waals surface area contributed by atoms with Crippen molar-refractivity contribution in [3.63, 3.8) is 0 Å². The monoisotopic (exact) mass is 289 g/mol. The van der Waals surface area contributed by atoms with Gasteiger partial charge in [-0.25, -0.2) is 0 Å². The number of rotatable bonds is 3. The van der Waals surface area contributed by atoms with E-state index in [1.165, 1.54) is 23.2 Å². The molecule has 5 nitrogen and oxygen atoms in total. The van der Waals surface area contributed by atoms with Crippen molar-refractivity contribution in [2.45, 2.75) is 31.3 Å². The topological polar surface area (TPSA) is 69.8 Å². The van der Waals surface area contributed by atoms with Crippen molar-refractivity contribution in [1.82, 2.24) is 4.90 Å². The first kappa shape index (κ1) is 14.4. The molecule has 1 atom stereocenters. The summed E-state index contributed by atoms with van der Waals surface area (Å²) >= 11 is 0. The van der Waals surface area contributed by atoms with Crippen LogP contribution in [-0.4, -0.2) is 48.2 Å². The average Bonchev–Trinajstić information content (AvgIpc) is 2.82. The quantitative estimate of drug-likeness (QED) is 0.870. The number of benzene rings is 1. The zero-order chi connectivity index (χ0) is 15.0. The van der Waals surface area contributed by atoms with Gasteiger partial charge in [-0.3, -0.25) is 9.69 Å². The second kappa shape index (κ2) is 5.31. The maximum absolute atomic E-state index is 11.2. The molecule has 0 amide bonds. The number of anilines is 1. The highest BCUT2D eigenvalue weighted by molar-refractivity contribution is 5.79. The highest BCUT2D eigenvalue weighted by Crippen LogP contribution is 2.28. The molecule has 0 aromatic heterocycles. The molecular formula is C16H23N3O2. The molecular weight excluding hydrogens is 266 g/mol. The zero-order valence-electron chi connectivity index (χ0n) is 12.5. The maximum atomic E-state index is 11.2. The van der Waals surface area contributed by atoms with E-state index in [1.54, 1.807) is 0 Å². The van der Waals surface area contributed by atoms with Crippen LogP contribution in [-0.2, 0) is 17.8 Å². The molecule has 21 heavy (non-hydrogen) atoms. The van der Waals surface area contributed by atoms with Crippen molar-refractivity contribution in [1.29, 1.82) is 0 Å². The number of nitrogens with two attached hydrogens (primary N) is 1. The minimum absolute atomic E-state index is 0.430. The van der Waals surface area contributed by atoms with Crippen molar-refractivity contribution >= 4 is 11.7 Å². The lowest BCUT2D eigenvalue weighted by Gasteiger charge is -2.28. The van der Waals surface area contributed by atoms with Gasteiger partial charge in [0.25, 0.3) is 0 Å². The fraction of sp³-hybridized carbons (Fsp3) is 0.562. The van der Waals surface area contributed by atoms with Crippen molar-refractivity contribution in [3.8, 4) is 0 Å². The maximum Gasteiger partial charge on any atom is 0.325 e. The number of fused-ring (bicyclic) bond motifs is 1. The van der Waals surface area contributed by atoms with Gasteiger partial charge >= 0.3 is 5.97 Å². The Labute approximate surface area is 125 Å². The fourth-order valence-electron chi connectivity index (χ4n) is 3.42. The van der Waals surface area contributed by atoms with E-state index < -0.39 is 11.5 Å². The largest absolute Gasteiger partial charge is 0.480 e. The van der Waals surface area contributed by atoms with E-state index in [0.29, 0.717) is 13.0 Å². The van der Waals surface area contributed by atoms with Gasteiger partial charge in [0.15, 0.2) is 0 Å². The Morgan fingerprint density at radius 2 is 2.24 bits per heavy atom. The normalized spacial score (nSPS) is 25.9. The SMILES string of the molecule is CN1CCCc2cc(CN3CCC(N)(C(=O)O)C3)ccc21. The minimum Gasteiger partial charge on any atom is -0.480 e. The third-order valence-electron chi connectivity index (χ3n) is 4.71. The standard InChI is InChI=1S/C16H23N3O2/c1-18-7-2-3-13-9-12(4-5-14(13)18)10-19-8-6-16(17,11-19)15(20)21/h4-5,9H,2-3,6-8,10-11,17H2,1H3,(H,20,21). The molecule has 1 aromatic carbocycles. The van der Waals surface area contributed by atoms with Crippen LogP contribution in [0.5, 0.6) is 0 Å². The van der Waals surface area contributed by atoms with Crippen molar-refractivity contribution in [2.24, 2.45) is 5.73 Å². The number of carbonyl (C=O) groups is 1. The lowest BCUT2D eigenvalue weighted by molar-refractivity contribution is -0.142. The van der Waals surface area contributed by atoms with Crippen molar-refractivity contribution < 1.29 is 9.90 Å². The summed E-state index contributed by atoms with van der Waals surface area (Å²) in [6, 6.07) is 6.60. The van der Waals surface area contributed by atoms with E-state index in [0.717, 1.165) is 26.1 Å². The Bertz CT molecular complexity index is 560. The Balaban J connectivity index is 1.71. The van der Waals surface area contributed by atoms with Gasteiger partial charge in [-0.05, 0) is 36.5 Å². The first-order chi connectivity index (χ1) is 9.98. The molecule has 0 radical (unpaired) electrons. The van der Waals surface area contributed by atoms with Crippen LogP contribution in [0.25, 0.3) is 0 Å². The lowest BCUT2D eigenvalue weighted by Crippen LogP contribution is -2.50. The molecule has 0 aliphatic carbocycles. The van der Waals surface area contributed by atoms with Crippen LogP contribution in [0.2, 0.25) is 0 Å². The number of likely N-dealkylation sites (tertiary alicyclic amines) is 1. The molecule has 2 aliphatic rings. The number of aryl methyl sites for hydroxylation is 1. The summed E-state index contributed by atoms with van der Waals surface area (Å²) in [5.41, 5.74) is 8.83. The smallest absolute Gasteiger partial charge is 0.325 e. The van der Waals surface area contributed by atoms with Crippen molar-refractivity contribution in [2.75, 3.05) is 31.6 Å². The molecule has 2 aliphatic heterocycles. The molecule has 2 heterocycles. The van der Waals surface area contributed by atoms with Gasteiger partial charge in [0.2, 0.25) is 0 Å². The summed E-state index contributed by atoms with van der Waals surface area (Å²) < 4.78 is 0. The molecule has 1 unspecified atom stereocenters. The minimum atomic E-state index is -1.07. The molecule has 114 valence electrons. The van der Waals surface area contributed by atoms with Gasteiger partial charge in [-0.15, -0.1) is 0 Å². The number of aliphatic carboxylic acids is 1. The third kappa shape index (κ3) is 2.76. The summed E-state index contributed by atoms with van der Waals surface area (Å²) in [5.74, 6) is -0.892. The zero-order valence-corrected chi connectivity index (χ0v) is 12.5. The van der Waals surface area contributed by atoms with Gasteiger partial charge in [-0.1, -0.05) is 12.1 Å². The predicted molar refractivity (Wildman–Crippen MR) is 82.5 cm³/mol. The highest BCUT2D eigenvalue weighted by atomic mass is 16.4. The summed E-state index contributed by atoms with van der Waals surface area (Å²) in [6.45, 7) is 3.08. The lowest BCUT2D eigenvalue weighted by atomic mass is 9.99. The van der Waals surface area contributed by atoms with Gasteiger partial charge in [-0.2, -0.15) is 0 Å². The molecule has 0 bridgehead atoms. The van der Waals surface area contributed by atoms with E-state index in [1.807, 2.05) is 0 Å². The fourth-order valence-corrected chi connectivity index (χ4v) is 3.42. The van der Waals surface area contributed by atoms with Crippen LogP contribution in [0.1, 0.15) is 24.0 Å². The Hall–Kier alpha value is -1.59. The predicted octanol–water partition coefficient (Wildman–Crippen LogP) is 1.06. The Kier molecular flexibility index (Phi) is 3.63. The highest BCUT2D eigenvalue weighted by Gasteiger charge is 2.41. The van der Waals surface area contributed by atoms with Gasteiger partial charge in [0.05, 0.1) is 0 Å². The van der Waals surface area contributed by atoms with Crippen LogP contribution < -0.4 is 10.6 Å².